The van der Waals surface area contributed by atoms with Crippen molar-refractivity contribution < 1.29 is 9.90 Å². The fourth-order valence-corrected chi connectivity index (χ4v) is 2.83. The summed E-state index contributed by atoms with van der Waals surface area (Å²) in [6.45, 7) is 1.75. The lowest BCUT2D eigenvalue weighted by molar-refractivity contribution is 0.0698. The van der Waals surface area contributed by atoms with Crippen LogP contribution in [0.15, 0.2) is 42.5 Å². The third kappa shape index (κ3) is 2.43. The minimum Gasteiger partial charge on any atom is -0.478 e. The van der Waals surface area contributed by atoms with Crippen LogP contribution in [-0.2, 0) is 0 Å². The highest BCUT2D eigenvalue weighted by molar-refractivity contribution is 6.43. The summed E-state index contributed by atoms with van der Waals surface area (Å²) < 4.78 is 0. The number of hydrogen-bond acceptors (Lipinski definition) is 2. The van der Waals surface area contributed by atoms with Crippen molar-refractivity contribution in [1.29, 1.82) is 0 Å². The fraction of sp³-hybridized carbons (Fsp3) is 0.0588. The SMILES string of the molecule is Cc1c(-c2ccccc2)nc2cc(Cl)c(Cl)cc2c1C(=O)O. The van der Waals surface area contributed by atoms with Crippen molar-refractivity contribution in [2.24, 2.45) is 0 Å². The average molecular weight is 332 g/mol. The highest BCUT2D eigenvalue weighted by Crippen LogP contribution is 2.34. The van der Waals surface area contributed by atoms with Crippen LogP contribution in [0.1, 0.15) is 15.9 Å². The molecule has 1 aromatic heterocycles. The molecule has 1 heterocycles. The van der Waals surface area contributed by atoms with E-state index in [4.69, 9.17) is 23.2 Å². The van der Waals surface area contributed by atoms with E-state index in [1.807, 2.05) is 30.3 Å². The van der Waals surface area contributed by atoms with Crippen LogP contribution in [0, 0.1) is 6.92 Å². The standard InChI is InChI=1S/C17H11Cl2NO2/c1-9-15(17(21)22)11-7-12(18)13(19)8-14(11)20-16(9)10-5-3-2-4-6-10/h2-8H,1H3,(H,21,22). The molecule has 0 unspecified atom stereocenters. The molecule has 22 heavy (non-hydrogen) atoms. The molecule has 110 valence electrons. The van der Waals surface area contributed by atoms with E-state index < -0.39 is 5.97 Å². The Labute approximate surface area is 137 Å². The Morgan fingerprint density at radius 3 is 2.36 bits per heavy atom. The zero-order chi connectivity index (χ0) is 15.9. The predicted octanol–water partition coefficient (Wildman–Crippen LogP) is 5.22. The lowest BCUT2D eigenvalue weighted by atomic mass is 9.98. The lowest BCUT2D eigenvalue weighted by Gasteiger charge is -2.12. The van der Waals surface area contributed by atoms with Crippen LogP contribution in [0.2, 0.25) is 10.0 Å². The van der Waals surface area contributed by atoms with Crippen LogP contribution in [0.3, 0.4) is 0 Å². The molecular weight excluding hydrogens is 321 g/mol. The Morgan fingerprint density at radius 2 is 1.73 bits per heavy atom. The second kappa shape index (κ2) is 5.59. The van der Waals surface area contributed by atoms with E-state index in [9.17, 15) is 9.90 Å². The van der Waals surface area contributed by atoms with Crippen LogP contribution >= 0.6 is 23.2 Å². The molecule has 0 fully saturated rings. The van der Waals surface area contributed by atoms with Gasteiger partial charge in [0.15, 0.2) is 0 Å². The highest BCUT2D eigenvalue weighted by Gasteiger charge is 2.19. The first-order chi connectivity index (χ1) is 10.5. The topological polar surface area (TPSA) is 50.2 Å². The van der Waals surface area contributed by atoms with E-state index in [1.54, 1.807) is 19.1 Å². The predicted molar refractivity (Wildman–Crippen MR) is 88.9 cm³/mol. The Bertz CT molecular complexity index is 892. The molecule has 0 spiro atoms. The molecule has 5 heteroatoms. The maximum atomic E-state index is 11.7. The minimum atomic E-state index is -1.01. The molecule has 3 aromatic rings. The second-order valence-electron chi connectivity index (χ2n) is 4.92. The summed E-state index contributed by atoms with van der Waals surface area (Å²) in [7, 11) is 0. The minimum absolute atomic E-state index is 0.197. The molecule has 0 atom stereocenters. The van der Waals surface area contributed by atoms with Gasteiger partial charge in [-0.3, -0.25) is 0 Å². The molecule has 0 aliphatic rings. The Balaban J connectivity index is 2.43. The maximum absolute atomic E-state index is 11.7. The van der Waals surface area contributed by atoms with E-state index in [1.165, 1.54) is 0 Å². The van der Waals surface area contributed by atoms with Gasteiger partial charge in [0.05, 0.1) is 26.8 Å². The van der Waals surface area contributed by atoms with E-state index >= 15 is 0 Å². The van der Waals surface area contributed by atoms with Gasteiger partial charge in [-0.05, 0) is 24.6 Å². The summed E-state index contributed by atoms with van der Waals surface area (Å²) >= 11 is 12.1. The third-order valence-corrected chi connectivity index (χ3v) is 4.25. The maximum Gasteiger partial charge on any atom is 0.336 e. The van der Waals surface area contributed by atoms with Crippen molar-refractivity contribution in [1.82, 2.24) is 4.98 Å². The molecule has 0 aliphatic heterocycles. The van der Waals surface area contributed by atoms with E-state index in [0.29, 0.717) is 32.2 Å². The molecule has 0 bridgehead atoms. The molecule has 2 aromatic carbocycles. The molecule has 3 nitrogen and oxygen atoms in total. The number of benzene rings is 2. The zero-order valence-corrected chi connectivity index (χ0v) is 13.1. The number of halogens is 2. The molecule has 0 aliphatic carbocycles. The summed E-state index contributed by atoms with van der Waals surface area (Å²) in [4.78, 5) is 16.3. The second-order valence-corrected chi connectivity index (χ2v) is 5.73. The third-order valence-electron chi connectivity index (χ3n) is 3.53. The monoisotopic (exact) mass is 331 g/mol. The van der Waals surface area contributed by atoms with Gasteiger partial charge in [0.25, 0.3) is 0 Å². The summed E-state index contributed by atoms with van der Waals surface area (Å²) in [5, 5.41) is 10.7. The number of carboxylic acid groups (broad SMARTS) is 1. The van der Waals surface area contributed by atoms with Gasteiger partial charge in [-0.15, -0.1) is 0 Å². The van der Waals surface area contributed by atoms with Gasteiger partial charge < -0.3 is 5.11 Å². The normalized spacial score (nSPS) is 10.9. The molecule has 0 radical (unpaired) electrons. The number of hydrogen-bond donors (Lipinski definition) is 1. The van der Waals surface area contributed by atoms with Crippen molar-refractivity contribution in [3.63, 3.8) is 0 Å². The summed E-state index contributed by atoms with van der Waals surface area (Å²) in [5.41, 5.74) is 2.79. The van der Waals surface area contributed by atoms with Crippen molar-refractivity contribution in [3.05, 3.63) is 63.6 Å². The fourth-order valence-electron chi connectivity index (χ4n) is 2.51. The number of nitrogens with zero attached hydrogens (tertiary/aromatic N) is 1. The first kappa shape index (κ1) is 14.8. The molecule has 0 amide bonds. The number of pyridine rings is 1. The number of aromatic carboxylic acids is 1. The van der Waals surface area contributed by atoms with Gasteiger partial charge in [-0.25, -0.2) is 9.78 Å². The van der Waals surface area contributed by atoms with Gasteiger partial charge in [0, 0.05) is 10.9 Å². The van der Waals surface area contributed by atoms with Crippen molar-refractivity contribution >= 4 is 40.1 Å². The molecule has 0 saturated heterocycles. The quantitative estimate of drug-likeness (QED) is 0.700. The largest absolute Gasteiger partial charge is 0.478 e. The van der Waals surface area contributed by atoms with Gasteiger partial charge >= 0.3 is 5.97 Å². The van der Waals surface area contributed by atoms with Crippen LogP contribution in [0.4, 0.5) is 0 Å². The Kier molecular flexibility index (Phi) is 3.77. The molecular formula is C17H11Cl2NO2. The van der Waals surface area contributed by atoms with Crippen LogP contribution in [0.5, 0.6) is 0 Å². The van der Waals surface area contributed by atoms with E-state index in [0.717, 1.165) is 5.56 Å². The van der Waals surface area contributed by atoms with Gasteiger partial charge in [0.2, 0.25) is 0 Å². The van der Waals surface area contributed by atoms with Crippen LogP contribution < -0.4 is 0 Å². The Hall–Kier alpha value is -2.10. The smallest absolute Gasteiger partial charge is 0.336 e. The van der Waals surface area contributed by atoms with E-state index in [2.05, 4.69) is 4.98 Å². The summed E-state index contributed by atoms with van der Waals surface area (Å²) in [6, 6.07) is 12.6. The van der Waals surface area contributed by atoms with Gasteiger partial charge in [-0.1, -0.05) is 53.5 Å². The number of carboxylic acids is 1. The van der Waals surface area contributed by atoms with Crippen molar-refractivity contribution in [2.75, 3.05) is 0 Å². The average Bonchev–Trinajstić information content (AvgIpc) is 2.49. The summed E-state index contributed by atoms with van der Waals surface area (Å²) in [6.07, 6.45) is 0. The number of fused-ring (bicyclic) bond motifs is 1. The van der Waals surface area contributed by atoms with Crippen molar-refractivity contribution in [2.45, 2.75) is 6.92 Å². The summed E-state index contributed by atoms with van der Waals surface area (Å²) in [5.74, 6) is -1.01. The van der Waals surface area contributed by atoms with Crippen molar-refractivity contribution in [3.8, 4) is 11.3 Å². The zero-order valence-electron chi connectivity index (χ0n) is 11.6. The number of aromatic nitrogens is 1. The van der Waals surface area contributed by atoms with E-state index in [-0.39, 0.29) is 5.56 Å². The first-order valence-corrected chi connectivity index (χ1v) is 7.32. The van der Waals surface area contributed by atoms with Gasteiger partial charge in [0.1, 0.15) is 0 Å². The Morgan fingerprint density at radius 1 is 1.09 bits per heavy atom. The first-order valence-electron chi connectivity index (χ1n) is 6.57. The number of rotatable bonds is 2. The lowest BCUT2D eigenvalue weighted by Crippen LogP contribution is -2.05. The highest BCUT2D eigenvalue weighted by atomic mass is 35.5. The number of carbonyl (C=O) groups is 1. The molecule has 0 saturated carbocycles. The van der Waals surface area contributed by atoms with Crippen LogP contribution in [-0.4, -0.2) is 16.1 Å². The molecule has 3 rings (SSSR count). The van der Waals surface area contributed by atoms with Crippen LogP contribution in [0.25, 0.3) is 22.2 Å². The van der Waals surface area contributed by atoms with Gasteiger partial charge in [-0.2, -0.15) is 0 Å². The molecule has 1 N–H and O–H groups in total.